The highest BCUT2D eigenvalue weighted by atomic mass is 79.9. The van der Waals surface area contributed by atoms with E-state index in [9.17, 15) is 0 Å². The lowest BCUT2D eigenvalue weighted by Gasteiger charge is -2.34. The van der Waals surface area contributed by atoms with Crippen molar-refractivity contribution < 1.29 is 0 Å². The molecule has 1 aromatic rings. The Bertz CT molecular complexity index is 493. The molecule has 0 radical (unpaired) electrons. The lowest BCUT2D eigenvalue weighted by atomic mass is 9.86. The van der Waals surface area contributed by atoms with E-state index in [0.717, 1.165) is 16.8 Å². The number of anilines is 1. The van der Waals surface area contributed by atoms with Gasteiger partial charge in [0.05, 0.1) is 6.54 Å². The normalized spacial score (nSPS) is 21.8. The van der Waals surface area contributed by atoms with Crippen molar-refractivity contribution in [1.29, 1.82) is 0 Å². The lowest BCUT2D eigenvalue weighted by Crippen LogP contribution is -2.35. The molecule has 1 aliphatic carbocycles. The van der Waals surface area contributed by atoms with E-state index in [1.807, 2.05) is 6.20 Å². The number of hydrogen-bond donors (Lipinski definition) is 0. The van der Waals surface area contributed by atoms with Gasteiger partial charge in [0.15, 0.2) is 0 Å². The minimum Gasteiger partial charge on any atom is -0.357 e. The fourth-order valence-corrected chi connectivity index (χ4v) is 2.95. The predicted octanol–water partition coefficient (Wildman–Crippen LogP) is 3.40. The first-order chi connectivity index (χ1) is 10.1. The van der Waals surface area contributed by atoms with Gasteiger partial charge < -0.3 is 4.90 Å². The second-order valence-electron chi connectivity index (χ2n) is 6.01. The van der Waals surface area contributed by atoms with E-state index >= 15 is 0 Å². The summed E-state index contributed by atoms with van der Waals surface area (Å²) >= 11 is 3.43. The summed E-state index contributed by atoms with van der Waals surface area (Å²) in [6, 6.07) is 4.72. The second-order valence-corrected chi connectivity index (χ2v) is 6.93. The molecule has 0 N–H and O–H groups in total. The van der Waals surface area contributed by atoms with Crippen molar-refractivity contribution in [2.24, 2.45) is 5.92 Å². The van der Waals surface area contributed by atoms with Crippen LogP contribution in [0.2, 0.25) is 0 Å². The van der Waals surface area contributed by atoms with Gasteiger partial charge in [-0.25, -0.2) is 4.98 Å². The van der Waals surface area contributed by atoms with Gasteiger partial charge in [-0.2, -0.15) is 0 Å². The van der Waals surface area contributed by atoms with Crippen molar-refractivity contribution in [2.75, 3.05) is 32.6 Å². The van der Waals surface area contributed by atoms with Crippen LogP contribution in [0.4, 0.5) is 5.82 Å². The highest BCUT2D eigenvalue weighted by Crippen LogP contribution is 2.28. The van der Waals surface area contributed by atoms with Crippen LogP contribution in [0.15, 0.2) is 22.8 Å². The monoisotopic (exact) mass is 349 g/mol. The minimum atomic E-state index is 0.576. The molecule has 0 bridgehead atoms. The molecule has 0 spiro atoms. The van der Waals surface area contributed by atoms with Crippen LogP contribution < -0.4 is 4.90 Å². The largest absolute Gasteiger partial charge is 0.357 e. The molecule has 0 atom stereocenters. The maximum atomic E-state index is 4.49. The third kappa shape index (κ3) is 5.01. The molecule has 0 saturated heterocycles. The summed E-state index contributed by atoms with van der Waals surface area (Å²) in [5.41, 5.74) is 0. The maximum Gasteiger partial charge on any atom is 0.128 e. The first-order valence-corrected chi connectivity index (χ1v) is 8.33. The van der Waals surface area contributed by atoms with Crippen LogP contribution in [-0.4, -0.2) is 43.6 Å². The van der Waals surface area contributed by atoms with Crippen molar-refractivity contribution in [3.05, 3.63) is 22.8 Å². The Labute approximate surface area is 136 Å². The first kappa shape index (κ1) is 16.3. The van der Waals surface area contributed by atoms with E-state index in [0.29, 0.717) is 12.0 Å². The molecule has 2 rings (SSSR count). The number of rotatable bonds is 3. The molecule has 0 unspecified atom stereocenters. The molecule has 0 aliphatic heterocycles. The van der Waals surface area contributed by atoms with Crippen LogP contribution in [0.1, 0.15) is 25.7 Å². The van der Waals surface area contributed by atoms with Crippen molar-refractivity contribution in [3.8, 4) is 11.8 Å². The van der Waals surface area contributed by atoms with Crippen LogP contribution in [0.25, 0.3) is 0 Å². The van der Waals surface area contributed by atoms with Gasteiger partial charge in [-0.15, -0.1) is 0 Å². The van der Waals surface area contributed by atoms with Gasteiger partial charge in [0.25, 0.3) is 0 Å². The summed E-state index contributed by atoms with van der Waals surface area (Å²) in [6.45, 7) is 0.864. The van der Waals surface area contributed by atoms with E-state index in [2.05, 4.69) is 75.8 Å². The quantitative estimate of drug-likeness (QED) is 0.779. The molecule has 1 aliphatic rings. The van der Waals surface area contributed by atoms with Crippen molar-refractivity contribution in [3.63, 3.8) is 0 Å². The maximum absolute atomic E-state index is 4.49. The van der Waals surface area contributed by atoms with Crippen LogP contribution in [0.3, 0.4) is 0 Å². The van der Waals surface area contributed by atoms with Crippen molar-refractivity contribution in [2.45, 2.75) is 31.7 Å². The fourth-order valence-electron chi connectivity index (χ4n) is 2.72. The number of hydrogen-bond acceptors (Lipinski definition) is 3. The zero-order chi connectivity index (χ0) is 15.2. The fraction of sp³-hybridized carbons (Fsp3) is 0.588. The van der Waals surface area contributed by atoms with E-state index in [1.54, 1.807) is 0 Å². The van der Waals surface area contributed by atoms with E-state index < -0.39 is 0 Å². The minimum absolute atomic E-state index is 0.576. The van der Waals surface area contributed by atoms with Crippen LogP contribution in [-0.2, 0) is 0 Å². The van der Waals surface area contributed by atoms with Gasteiger partial charge in [-0.05, 0) is 67.8 Å². The Morgan fingerprint density at radius 3 is 2.48 bits per heavy atom. The van der Waals surface area contributed by atoms with E-state index in [4.69, 9.17) is 0 Å². The number of halogens is 1. The SMILES string of the molecule is CN(C)CC#CC1CCC(N(C)c2ccc(Br)cn2)CC1. The zero-order valence-electron chi connectivity index (χ0n) is 13.1. The number of aromatic nitrogens is 1. The molecule has 0 amide bonds. The molecule has 21 heavy (non-hydrogen) atoms. The van der Waals surface area contributed by atoms with Crippen LogP contribution in [0, 0.1) is 17.8 Å². The summed E-state index contributed by atoms with van der Waals surface area (Å²) < 4.78 is 1.03. The standard InChI is InChI=1S/C17H24BrN3/c1-20(2)12-4-5-14-6-9-16(10-7-14)21(3)17-11-8-15(18)13-19-17/h8,11,13-14,16H,6-7,9-10,12H2,1-3H3. The first-order valence-electron chi connectivity index (χ1n) is 7.54. The smallest absolute Gasteiger partial charge is 0.128 e. The molecule has 114 valence electrons. The lowest BCUT2D eigenvalue weighted by molar-refractivity contribution is 0.373. The van der Waals surface area contributed by atoms with Gasteiger partial charge in [-0.1, -0.05) is 11.8 Å². The number of nitrogens with zero attached hydrogens (tertiary/aromatic N) is 3. The Morgan fingerprint density at radius 2 is 1.90 bits per heavy atom. The Hall–Kier alpha value is -1.05. The molecule has 1 fully saturated rings. The highest BCUT2D eigenvalue weighted by Gasteiger charge is 2.23. The second kappa shape index (κ2) is 7.82. The highest BCUT2D eigenvalue weighted by molar-refractivity contribution is 9.10. The summed E-state index contributed by atoms with van der Waals surface area (Å²) in [7, 11) is 6.27. The van der Waals surface area contributed by atoms with Gasteiger partial charge in [0.2, 0.25) is 0 Å². The molecule has 1 saturated carbocycles. The van der Waals surface area contributed by atoms with Crippen LogP contribution >= 0.6 is 15.9 Å². The Balaban J connectivity index is 1.85. The molecule has 1 aromatic heterocycles. The van der Waals surface area contributed by atoms with Gasteiger partial charge >= 0.3 is 0 Å². The molecule has 1 heterocycles. The van der Waals surface area contributed by atoms with Gasteiger partial charge in [-0.3, -0.25) is 4.90 Å². The summed E-state index contributed by atoms with van der Waals surface area (Å²) in [4.78, 5) is 8.92. The summed E-state index contributed by atoms with van der Waals surface area (Å²) in [6.07, 6.45) is 6.67. The Morgan fingerprint density at radius 1 is 1.19 bits per heavy atom. The summed E-state index contributed by atoms with van der Waals surface area (Å²) in [5, 5.41) is 0. The van der Waals surface area contributed by atoms with E-state index in [1.165, 1.54) is 25.7 Å². The molecule has 3 nitrogen and oxygen atoms in total. The number of pyridine rings is 1. The van der Waals surface area contributed by atoms with E-state index in [-0.39, 0.29) is 0 Å². The third-order valence-electron chi connectivity index (χ3n) is 4.02. The predicted molar refractivity (Wildman–Crippen MR) is 92.4 cm³/mol. The van der Waals surface area contributed by atoms with Crippen molar-refractivity contribution in [1.82, 2.24) is 9.88 Å². The molecular formula is C17H24BrN3. The van der Waals surface area contributed by atoms with Crippen molar-refractivity contribution >= 4 is 21.7 Å². The zero-order valence-corrected chi connectivity index (χ0v) is 14.7. The van der Waals surface area contributed by atoms with Crippen LogP contribution in [0.5, 0.6) is 0 Å². The summed E-state index contributed by atoms with van der Waals surface area (Å²) in [5.74, 6) is 8.34. The van der Waals surface area contributed by atoms with Gasteiger partial charge in [0.1, 0.15) is 5.82 Å². The Kier molecular flexibility index (Phi) is 6.08. The molecular weight excluding hydrogens is 326 g/mol. The average molecular weight is 350 g/mol. The third-order valence-corrected chi connectivity index (χ3v) is 4.49. The van der Waals surface area contributed by atoms with Gasteiger partial charge in [0, 0.05) is 29.7 Å². The average Bonchev–Trinajstić information content (AvgIpc) is 2.48. The molecule has 4 heteroatoms. The molecule has 0 aromatic carbocycles. The topological polar surface area (TPSA) is 19.4 Å².